The predicted molar refractivity (Wildman–Crippen MR) is 280 cm³/mol. The van der Waals surface area contributed by atoms with Gasteiger partial charge < -0.3 is 18.9 Å². The molecule has 1 N–H and O–H groups in total. The Morgan fingerprint density at radius 2 is 0.818 bits per heavy atom. The summed E-state index contributed by atoms with van der Waals surface area (Å²) in [5.74, 6) is -0.784. The van der Waals surface area contributed by atoms with Crippen molar-refractivity contribution < 1.29 is 42.1 Å². The molecule has 66 heavy (non-hydrogen) atoms. The van der Waals surface area contributed by atoms with E-state index in [1.807, 2.05) is 21.1 Å². The van der Waals surface area contributed by atoms with Crippen LogP contribution < -0.4 is 0 Å². The molecule has 0 saturated heterocycles. The number of allylic oxidation sites excluding steroid dienone is 4. The highest BCUT2D eigenvalue weighted by molar-refractivity contribution is 7.47. The molecule has 0 aliphatic heterocycles. The highest BCUT2D eigenvalue weighted by Gasteiger charge is 2.27. The first-order valence-electron chi connectivity index (χ1n) is 28.1. The van der Waals surface area contributed by atoms with Crippen LogP contribution in [0.2, 0.25) is 0 Å². The number of likely N-dealkylation sites (N-methyl/N-ethyl adjacent to an activating group) is 1. The van der Waals surface area contributed by atoms with Crippen molar-refractivity contribution in [3.05, 3.63) is 24.3 Å². The van der Waals surface area contributed by atoms with Gasteiger partial charge in [-0.05, 0) is 44.9 Å². The van der Waals surface area contributed by atoms with Gasteiger partial charge in [-0.15, -0.1) is 0 Å². The highest BCUT2D eigenvalue weighted by Crippen LogP contribution is 2.43. The van der Waals surface area contributed by atoms with Crippen molar-refractivity contribution in [3.63, 3.8) is 0 Å². The molecule has 0 fully saturated rings. The quantitative estimate of drug-likeness (QED) is 0.0211. The molecule has 0 aliphatic carbocycles. The maximum atomic E-state index is 12.8. The molecule has 0 radical (unpaired) electrons. The number of unbranched alkanes of at least 4 members (excludes halogenated alkanes) is 34. The van der Waals surface area contributed by atoms with Gasteiger partial charge in [0.1, 0.15) is 19.8 Å². The molecule has 0 spiro atoms. The van der Waals surface area contributed by atoms with Crippen LogP contribution in [0.15, 0.2) is 24.3 Å². The van der Waals surface area contributed by atoms with E-state index in [2.05, 4.69) is 38.2 Å². The standard InChI is InChI=1S/C56H108NO8P/c1-6-8-10-12-14-16-18-19-20-21-22-23-24-25-26-27-28-29-30-31-32-33-34-35-36-37-39-41-43-45-47-49-56(59)65-54(53-64-66(60,61)63-51-50-57(3,4)5)52-62-55(58)48-46-44-42-40-38-17-15-13-11-9-7-2/h18-19,21-22,54H,6-17,20,23-53H2,1-5H3/p+1/b19-18-,22-21-. The van der Waals surface area contributed by atoms with Gasteiger partial charge in [0.15, 0.2) is 6.10 Å². The number of rotatable bonds is 52. The third kappa shape index (κ3) is 51.9. The number of quaternary nitrogens is 1. The molecule has 0 amide bonds. The summed E-state index contributed by atoms with van der Waals surface area (Å²) in [6.07, 6.45) is 56.9. The third-order valence-corrected chi connectivity index (χ3v) is 13.5. The van der Waals surface area contributed by atoms with E-state index in [0.29, 0.717) is 23.9 Å². The predicted octanol–water partition coefficient (Wildman–Crippen LogP) is 17.0. The van der Waals surface area contributed by atoms with E-state index in [9.17, 15) is 19.0 Å². The number of carbonyl (C=O) groups excluding carboxylic acids is 2. The van der Waals surface area contributed by atoms with Gasteiger partial charge in [0.05, 0.1) is 27.7 Å². The molecule has 0 bridgehead atoms. The summed E-state index contributed by atoms with van der Waals surface area (Å²) in [5.41, 5.74) is 0. The summed E-state index contributed by atoms with van der Waals surface area (Å²) >= 11 is 0. The fourth-order valence-corrected chi connectivity index (χ4v) is 8.85. The average molecular weight is 955 g/mol. The fraction of sp³-hybridized carbons (Fsp3) is 0.893. The molecular formula is C56H109NO8P+. The Bertz CT molecular complexity index is 1170. The number of carbonyl (C=O) groups is 2. The smallest absolute Gasteiger partial charge is 0.462 e. The van der Waals surface area contributed by atoms with Crippen molar-refractivity contribution in [2.75, 3.05) is 47.5 Å². The van der Waals surface area contributed by atoms with Gasteiger partial charge in [0, 0.05) is 12.8 Å². The monoisotopic (exact) mass is 955 g/mol. The van der Waals surface area contributed by atoms with Gasteiger partial charge in [-0.2, -0.15) is 0 Å². The molecule has 0 saturated carbocycles. The molecule has 0 rings (SSSR count). The maximum absolute atomic E-state index is 12.8. The molecule has 9 nitrogen and oxygen atoms in total. The Balaban J connectivity index is 3.99. The van der Waals surface area contributed by atoms with Gasteiger partial charge in [0.2, 0.25) is 0 Å². The second-order valence-electron chi connectivity index (χ2n) is 20.3. The van der Waals surface area contributed by atoms with Gasteiger partial charge in [-0.25, -0.2) is 4.57 Å². The Morgan fingerprint density at radius 1 is 0.470 bits per heavy atom. The number of hydrogen-bond donors (Lipinski definition) is 1. The van der Waals surface area contributed by atoms with Crippen LogP contribution in [0.4, 0.5) is 0 Å². The summed E-state index contributed by atoms with van der Waals surface area (Å²) in [6.45, 7) is 4.45. The minimum absolute atomic E-state index is 0.0351. The van der Waals surface area contributed by atoms with Crippen molar-refractivity contribution in [2.24, 2.45) is 0 Å². The molecule has 10 heteroatoms. The molecular weight excluding hydrogens is 846 g/mol. The van der Waals surface area contributed by atoms with E-state index < -0.39 is 26.5 Å². The Hall–Kier alpha value is -1.51. The zero-order valence-corrected chi connectivity index (χ0v) is 45.1. The van der Waals surface area contributed by atoms with Crippen LogP contribution in [0.1, 0.15) is 271 Å². The number of phosphoric acid groups is 1. The minimum atomic E-state index is -4.37. The first kappa shape index (κ1) is 64.5. The first-order chi connectivity index (χ1) is 32.0. The average Bonchev–Trinajstić information content (AvgIpc) is 3.27. The van der Waals surface area contributed by atoms with Crippen LogP contribution in [0.5, 0.6) is 0 Å². The molecule has 2 unspecified atom stereocenters. The number of ether oxygens (including phenoxy) is 2. The Labute approximate surface area is 409 Å². The largest absolute Gasteiger partial charge is 0.472 e. The lowest BCUT2D eigenvalue weighted by Gasteiger charge is -2.24. The lowest BCUT2D eigenvalue weighted by atomic mass is 10.0. The summed E-state index contributed by atoms with van der Waals surface area (Å²) in [7, 11) is 1.49. The van der Waals surface area contributed by atoms with Crippen molar-refractivity contribution in [2.45, 2.75) is 277 Å². The van der Waals surface area contributed by atoms with Crippen molar-refractivity contribution in [1.29, 1.82) is 0 Å². The minimum Gasteiger partial charge on any atom is -0.462 e. The summed E-state index contributed by atoms with van der Waals surface area (Å²) in [4.78, 5) is 35.5. The lowest BCUT2D eigenvalue weighted by molar-refractivity contribution is -0.870. The second kappa shape index (κ2) is 48.5. The van der Waals surface area contributed by atoms with E-state index in [0.717, 1.165) is 38.5 Å². The van der Waals surface area contributed by atoms with E-state index in [4.69, 9.17) is 18.5 Å². The number of hydrogen-bond acceptors (Lipinski definition) is 7. The maximum Gasteiger partial charge on any atom is 0.472 e. The van der Waals surface area contributed by atoms with Crippen molar-refractivity contribution >= 4 is 19.8 Å². The van der Waals surface area contributed by atoms with Crippen LogP contribution in [0.3, 0.4) is 0 Å². The zero-order valence-electron chi connectivity index (χ0n) is 44.2. The van der Waals surface area contributed by atoms with Crippen LogP contribution in [0, 0.1) is 0 Å². The topological polar surface area (TPSA) is 108 Å². The molecule has 2 atom stereocenters. The zero-order chi connectivity index (χ0) is 48.5. The van der Waals surface area contributed by atoms with Crippen LogP contribution in [-0.2, 0) is 32.7 Å². The SMILES string of the molecule is CCCCCCC/C=C\C/C=C\CCCCCCCCCCCCCCCCCCCCCC(=O)OC(COC(=O)CCCCCCCCCCCCC)COP(=O)(O)OCC[N+](C)(C)C. The van der Waals surface area contributed by atoms with E-state index in [-0.39, 0.29) is 25.6 Å². The normalized spacial score (nSPS) is 13.5. The molecule has 0 heterocycles. The lowest BCUT2D eigenvalue weighted by Crippen LogP contribution is -2.37. The molecule has 390 valence electrons. The van der Waals surface area contributed by atoms with E-state index in [1.165, 1.54) is 199 Å². The van der Waals surface area contributed by atoms with Gasteiger partial charge >= 0.3 is 19.8 Å². The number of nitrogens with zero attached hydrogens (tertiary/aromatic N) is 1. The summed E-state index contributed by atoms with van der Waals surface area (Å²) < 4.78 is 34.4. The van der Waals surface area contributed by atoms with Crippen LogP contribution >= 0.6 is 7.82 Å². The van der Waals surface area contributed by atoms with Gasteiger partial charge in [0.25, 0.3) is 0 Å². The molecule has 0 aromatic carbocycles. The molecule has 0 aromatic rings. The third-order valence-electron chi connectivity index (χ3n) is 12.5. The highest BCUT2D eigenvalue weighted by atomic mass is 31.2. The van der Waals surface area contributed by atoms with Gasteiger partial charge in [-0.3, -0.25) is 18.6 Å². The second-order valence-corrected chi connectivity index (χ2v) is 21.8. The van der Waals surface area contributed by atoms with Crippen molar-refractivity contribution in [1.82, 2.24) is 0 Å². The number of phosphoric ester groups is 1. The Morgan fingerprint density at radius 3 is 1.20 bits per heavy atom. The van der Waals surface area contributed by atoms with Gasteiger partial charge in [-0.1, -0.05) is 237 Å². The summed E-state index contributed by atoms with van der Waals surface area (Å²) in [5, 5.41) is 0. The van der Waals surface area contributed by atoms with Crippen molar-refractivity contribution in [3.8, 4) is 0 Å². The van der Waals surface area contributed by atoms with E-state index >= 15 is 0 Å². The summed E-state index contributed by atoms with van der Waals surface area (Å²) in [6, 6.07) is 0. The Kier molecular flexibility index (Phi) is 47.4. The van der Waals surface area contributed by atoms with Crippen LogP contribution in [-0.4, -0.2) is 74.9 Å². The first-order valence-corrected chi connectivity index (χ1v) is 29.6. The number of esters is 2. The fourth-order valence-electron chi connectivity index (χ4n) is 8.11. The molecule has 0 aliphatic rings. The van der Waals surface area contributed by atoms with Crippen LogP contribution in [0.25, 0.3) is 0 Å². The van der Waals surface area contributed by atoms with E-state index in [1.54, 1.807) is 0 Å². The molecule has 0 aromatic heterocycles.